The number of nitrogens with one attached hydrogen (secondary N) is 2. The number of guanidine groups is 1. The number of benzene rings is 1. The van der Waals surface area contributed by atoms with Crippen LogP contribution in [0.4, 0.5) is 5.69 Å². The van der Waals surface area contributed by atoms with Crippen molar-refractivity contribution in [3.05, 3.63) is 39.9 Å². The second-order valence-corrected chi connectivity index (χ2v) is 8.06. The molecule has 11 heteroatoms. The fourth-order valence-corrected chi connectivity index (χ4v) is 3.74. The van der Waals surface area contributed by atoms with Crippen LogP contribution in [-0.4, -0.2) is 99.5 Å². The highest BCUT2D eigenvalue weighted by molar-refractivity contribution is 14.0. The van der Waals surface area contributed by atoms with E-state index in [-0.39, 0.29) is 34.6 Å². The molecule has 0 radical (unpaired) electrons. The summed E-state index contributed by atoms with van der Waals surface area (Å²) in [5, 5.41) is 17.7. The molecule has 0 amide bonds. The van der Waals surface area contributed by atoms with E-state index in [0.717, 1.165) is 103 Å². The quantitative estimate of drug-likeness (QED) is 0.103. The van der Waals surface area contributed by atoms with E-state index in [4.69, 9.17) is 14.5 Å². The molecule has 0 aliphatic carbocycles. The molecule has 2 aliphatic heterocycles. The zero-order chi connectivity index (χ0) is 22.4. The van der Waals surface area contributed by atoms with Crippen molar-refractivity contribution in [3.63, 3.8) is 0 Å². The number of nitro benzene ring substituents is 1. The number of hydrogen-bond donors (Lipinski definition) is 2. The van der Waals surface area contributed by atoms with Crippen molar-refractivity contribution in [1.82, 2.24) is 20.4 Å². The lowest BCUT2D eigenvalue weighted by molar-refractivity contribution is -0.384. The Balaban J connectivity index is 0.00000385. The van der Waals surface area contributed by atoms with Crippen LogP contribution >= 0.6 is 24.0 Å². The molecular weight excluding hydrogens is 539 g/mol. The molecule has 2 N–H and O–H groups in total. The summed E-state index contributed by atoms with van der Waals surface area (Å²) < 4.78 is 10.8. The lowest BCUT2D eigenvalue weighted by Crippen LogP contribution is -2.42. The van der Waals surface area contributed by atoms with Gasteiger partial charge < -0.3 is 20.1 Å². The highest BCUT2D eigenvalue weighted by Crippen LogP contribution is 2.12. The monoisotopic (exact) mass is 576 g/mol. The molecule has 1 aromatic carbocycles. The summed E-state index contributed by atoms with van der Waals surface area (Å²) in [6.45, 7) is 11.5. The van der Waals surface area contributed by atoms with E-state index in [1.807, 2.05) is 0 Å². The minimum absolute atomic E-state index is 0. The predicted octanol–water partition coefficient (Wildman–Crippen LogP) is 1.69. The van der Waals surface area contributed by atoms with E-state index >= 15 is 0 Å². The molecule has 2 aliphatic rings. The molecule has 0 aromatic heterocycles. The third-order valence-electron chi connectivity index (χ3n) is 5.66. The molecule has 33 heavy (non-hydrogen) atoms. The Kier molecular flexibility index (Phi) is 13.6. The van der Waals surface area contributed by atoms with Gasteiger partial charge in [0.1, 0.15) is 0 Å². The van der Waals surface area contributed by atoms with E-state index in [0.29, 0.717) is 6.54 Å². The van der Waals surface area contributed by atoms with Crippen LogP contribution in [0.3, 0.4) is 0 Å². The first kappa shape index (κ1) is 27.7. The third-order valence-corrected chi connectivity index (χ3v) is 5.66. The maximum absolute atomic E-state index is 10.8. The van der Waals surface area contributed by atoms with Crippen molar-refractivity contribution in [1.29, 1.82) is 0 Å². The Bertz CT molecular complexity index is 681. The first-order chi connectivity index (χ1) is 15.7. The van der Waals surface area contributed by atoms with Crippen LogP contribution in [0.1, 0.15) is 18.4 Å². The average Bonchev–Trinajstić information content (AvgIpc) is 2.84. The summed E-state index contributed by atoms with van der Waals surface area (Å²) in [5.74, 6) is 0.785. The van der Waals surface area contributed by atoms with Gasteiger partial charge in [-0.15, -0.1) is 24.0 Å². The van der Waals surface area contributed by atoms with Crippen molar-refractivity contribution in [2.45, 2.75) is 19.4 Å². The summed E-state index contributed by atoms with van der Waals surface area (Å²) in [4.78, 5) is 20.0. The van der Waals surface area contributed by atoms with Crippen LogP contribution < -0.4 is 10.6 Å². The maximum atomic E-state index is 10.8. The van der Waals surface area contributed by atoms with Crippen LogP contribution in [0.5, 0.6) is 0 Å². The Morgan fingerprint density at radius 2 is 1.39 bits per heavy atom. The highest BCUT2D eigenvalue weighted by atomic mass is 127. The van der Waals surface area contributed by atoms with Gasteiger partial charge in [0.05, 0.1) is 37.9 Å². The molecule has 1 aromatic rings. The summed E-state index contributed by atoms with van der Waals surface area (Å²) in [6, 6.07) is 6.57. The fraction of sp³-hybridized carbons (Fsp3) is 0.682. The Morgan fingerprint density at radius 1 is 0.909 bits per heavy atom. The Hall–Kier alpha value is -1.54. The molecule has 0 unspecified atom stereocenters. The summed E-state index contributed by atoms with van der Waals surface area (Å²) in [6.07, 6.45) is 2.07. The van der Waals surface area contributed by atoms with Gasteiger partial charge in [-0.2, -0.15) is 0 Å². The number of non-ortho nitro benzene ring substituents is 1. The first-order valence-electron chi connectivity index (χ1n) is 11.6. The fourth-order valence-electron chi connectivity index (χ4n) is 3.74. The van der Waals surface area contributed by atoms with Crippen LogP contribution in [-0.2, 0) is 16.0 Å². The van der Waals surface area contributed by atoms with Gasteiger partial charge in [0.15, 0.2) is 5.96 Å². The van der Waals surface area contributed by atoms with Gasteiger partial charge in [0, 0.05) is 51.4 Å². The molecule has 0 bridgehead atoms. The summed E-state index contributed by atoms with van der Waals surface area (Å²) in [7, 11) is 0. The topological polar surface area (TPSA) is 104 Å². The van der Waals surface area contributed by atoms with Crippen LogP contribution in [0.25, 0.3) is 0 Å². The van der Waals surface area contributed by atoms with Gasteiger partial charge >= 0.3 is 0 Å². The highest BCUT2D eigenvalue weighted by Gasteiger charge is 2.11. The molecule has 0 atom stereocenters. The standard InChI is InChI=1S/C22H36N6O4.HI/c29-28(30)21-5-3-20(4-6-21)19-25-22(23-7-1-9-26-11-15-31-16-12-26)24-8-2-10-27-13-17-32-18-14-27;/h3-6H,1-2,7-19H2,(H2,23,24,25);1H. The second-order valence-electron chi connectivity index (χ2n) is 8.06. The molecule has 186 valence electrons. The van der Waals surface area contributed by atoms with Crippen molar-refractivity contribution in [2.75, 3.05) is 78.8 Å². The van der Waals surface area contributed by atoms with Crippen molar-refractivity contribution in [3.8, 4) is 0 Å². The molecule has 0 spiro atoms. The number of hydrogen-bond acceptors (Lipinski definition) is 7. The predicted molar refractivity (Wildman–Crippen MR) is 139 cm³/mol. The second kappa shape index (κ2) is 16.1. The van der Waals surface area contributed by atoms with E-state index in [2.05, 4.69) is 20.4 Å². The summed E-state index contributed by atoms with van der Waals surface area (Å²) in [5.41, 5.74) is 1.04. The normalized spacial score (nSPS) is 17.1. The zero-order valence-electron chi connectivity index (χ0n) is 19.2. The molecule has 2 heterocycles. The average molecular weight is 576 g/mol. The zero-order valence-corrected chi connectivity index (χ0v) is 21.6. The number of aliphatic imine (C=N–C) groups is 1. The number of nitrogens with zero attached hydrogens (tertiary/aromatic N) is 4. The first-order valence-corrected chi connectivity index (χ1v) is 11.6. The van der Waals surface area contributed by atoms with Crippen LogP contribution in [0, 0.1) is 10.1 Å². The summed E-state index contributed by atoms with van der Waals surface area (Å²) >= 11 is 0. The van der Waals surface area contributed by atoms with E-state index in [1.54, 1.807) is 12.1 Å². The van der Waals surface area contributed by atoms with Crippen molar-refractivity contribution >= 4 is 35.6 Å². The molecule has 0 saturated carbocycles. The molecular formula is C22H37IN6O4. The van der Waals surface area contributed by atoms with Gasteiger partial charge in [-0.05, 0) is 31.5 Å². The van der Waals surface area contributed by atoms with Crippen LogP contribution in [0.15, 0.2) is 29.3 Å². The minimum atomic E-state index is -0.384. The largest absolute Gasteiger partial charge is 0.379 e. The van der Waals surface area contributed by atoms with Gasteiger partial charge in [0.2, 0.25) is 0 Å². The molecule has 2 fully saturated rings. The molecule has 10 nitrogen and oxygen atoms in total. The smallest absolute Gasteiger partial charge is 0.269 e. The van der Waals surface area contributed by atoms with Crippen molar-refractivity contribution in [2.24, 2.45) is 4.99 Å². The molecule has 3 rings (SSSR count). The number of rotatable bonds is 11. The van der Waals surface area contributed by atoms with Gasteiger partial charge in [0.25, 0.3) is 5.69 Å². The lowest BCUT2D eigenvalue weighted by atomic mass is 10.2. The number of ether oxygens (including phenoxy) is 2. The van der Waals surface area contributed by atoms with Gasteiger partial charge in [-0.25, -0.2) is 4.99 Å². The van der Waals surface area contributed by atoms with Crippen LogP contribution in [0.2, 0.25) is 0 Å². The Labute approximate surface area is 213 Å². The maximum Gasteiger partial charge on any atom is 0.269 e. The number of morpholine rings is 2. The van der Waals surface area contributed by atoms with Gasteiger partial charge in [-0.1, -0.05) is 12.1 Å². The van der Waals surface area contributed by atoms with E-state index in [9.17, 15) is 10.1 Å². The number of halogens is 1. The molecule has 2 saturated heterocycles. The van der Waals surface area contributed by atoms with Crippen molar-refractivity contribution < 1.29 is 14.4 Å². The Morgan fingerprint density at radius 3 is 1.85 bits per heavy atom. The van der Waals surface area contributed by atoms with Gasteiger partial charge in [-0.3, -0.25) is 19.9 Å². The number of nitro groups is 1. The SMILES string of the molecule is I.O=[N+]([O-])c1ccc(CN=C(NCCCN2CCOCC2)NCCCN2CCOCC2)cc1. The van der Waals surface area contributed by atoms with E-state index < -0.39 is 0 Å². The van der Waals surface area contributed by atoms with E-state index in [1.165, 1.54) is 12.1 Å². The minimum Gasteiger partial charge on any atom is -0.379 e. The third kappa shape index (κ3) is 11.0. The lowest BCUT2D eigenvalue weighted by Gasteiger charge is -2.27.